The van der Waals surface area contributed by atoms with Crippen LogP contribution in [0.4, 0.5) is 5.69 Å². The van der Waals surface area contributed by atoms with Crippen molar-refractivity contribution >= 4 is 11.7 Å². The molecule has 17 heavy (non-hydrogen) atoms. The summed E-state index contributed by atoms with van der Waals surface area (Å²) in [5, 5.41) is 3.20. The van der Waals surface area contributed by atoms with Crippen LogP contribution in [0.1, 0.15) is 25.0 Å². The first-order chi connectivity index (χ1) is 8.02. The number of esters is 1. The van der Waals surface area contributed by atoms with Crippen molar-refractivity contribution in [1.29, 1.82) is 0 Å². The van der Waals surface area contributed by atoms with Crippen LogP contribution in [-0.4, -0.2) is 12.6 Å². The lowest BCUT2D eigenvalue weighted by molar-refractivity contribution is -0.137. The Morgan fingerprint density at radius 3 is 2.76 bits per heavy atom. The first-order valence-corrected chi connectivity index (χ1v) is 5.72. The zero-order valence-corrected chi connectivity index (χ0v) is 10.8. The van der Waals surface area contributed by atoms with Gasteiger partial charge in [0.2, 0.25) is 0 Å². The van der Waals surface area contributed by atoms with Gasteiger partial charge in [0, 0.05) is 17.5 Å². The highest BCUT2D eigenvalue weighted by atomic mass is 16.5. The molecule has 0 unspecified atom stereocenters. The number of anilines is 1. The van der Waals surface area contributed by atoms with Gasteiger partial charge in [-0.1, -0.05) is 12.1 Å². The standard InChI is InChI=1S/C14H19NO2/c1-5-17-14(16)9-12(4)15-13-8-10(2)6-7-11(13)3/h6-9,15H,5H2,1-4H3/b12-9+. The molecule has 0 saturated heterocycles. The average Bonchev–Trinajstić information content (AvgIpc) is 2.23. The van der Waals surface area contributed by atoms with E-state index in [4.69, 9.17) is 4.74 Å². The summed E-state index contributed by atoms with van der Waals surface area (Å²) in [4.78, 5) is 11.3. The molecule has 0 fully saturated rings. The van der Waals surface area contributed by atoms with E-state index >= 15 is 0 Å². The van der Waals surface area contributed by atoms with E-state index in [9.17, 15) is 4.79 Å². The molecule has 3 heteroatoms. The summed E-state index contributed by atoms with van der Waals surface area (Å²) in [6, 6.07) is 6.16. The minimum atomic E-state index is -0.317. The summed E-state index contributed by atoms with van der Waals surface area (Å²) in [5.74, 6) is -0.317. The monoisotopic (exact) mass is 233 g/mol. The van der Waals surface area contributed by atoms with E-state index in [1.165, 1.54) is 11.6 Å². The van der Waals surface area contributed by atoms with Gasteiger partial charge in [0.15, 0.2) is 0 Å². The van der Waals surface area contributed by atoms with Gasteiger partial charge in [-0.25, -0.2) is 4.79 Å². The fraction of sp³-hybridized carbons (Fsp3) is 0.357. The number of rotatable bonds is 4. The number of allylic oxidation sites excluding steroid dienone is 1. The number of benzene rings is 1. The molecule has 92 valence electrons. The van der Waals surface area contributed by atoms with Crippen molar-refractivity contribution in [2.45, 2.75) is 27.7 Å². The lowest BCUT2D eigenvalue weighted by Crippen LogP contribution is -2.05. The Balaban J connectivity index is 2.77. The fourth-order valence-corrected chi connectivity index (χ4v) is 1.48. The highest BCUT2D eigenvalue weighted by Gasteiger charge is 2.01. The van der Waals surface area contributed by atoms with Crippen molar-refractivity contribution in [2.75, 3.05) is 11.9 Å². The first kappa shape index (κ1) is 13.3. The second-order valence-corrected chi connectivity index (χ2v) is 4.02. The molecule has 0 amide bonds. The normalized spacial score (nSPS) is 11.2. The number of ether oxygens (including phenoxy) is 1. The Morgan fingerprint density at radius 2 is 2.12 bits per heavy atom. The van der Waals surface area contributed by atoms with Gasteiger partial charge in [-0.05, 0) is 44.9 Å². The smallest absolute Gasteiger partial charge is 0.332 e. The third-order valence-corrected chi connectivity index (χ3v) is 2.35. The zero-order chi connectivity index (χ0) is 12.8. The van der Waals surface area contributed by atoms with E-state index in [1.807, 2.05) is 20.8 Å². The van der Waals surface area contributed by atoms with Crippen LogP contribution in [0.3, 0.4) is 0 Å². The average molecular weight is 233 g/mol. The molecule has 0 atom stereocenters. The van der Waals surface area contributed by atoms with Gasteiger partial charge < -0.3 is 10.1 Å². The fourth-order valence-electron chi connectivity index (χ4n) is 1.48. The summed E-state index contributed by atoms with van der Waals surface area (Å²) >= 11 is 0. The lowest BCUT2D eigenvalue weighted by Gasteiger charge is -2.10. The number of hydrogen-bond acceptors (Lipinski definition) is 3. The van der Waals surface area contributed by atoms with Gasteiger partial charge >= 0.3 is 5.97 Å². The summed E-state index contributed by atoms with van der Waals surface area (Å²) < 4.78 is 4.85. The van der Waals surface area contributed by atoms with Crippen molar-refractivity contribution in [2.24, 2.45) is 0 Å². The lowest BCUT2D eigenvalue weighted by atomic mass is 10.1. The van der Waals surface area contributed by atoms with Crippen LogP contribution >= 0.6 is 0 Å². The highest BCUT2D eigenvalue weighted by Crippen LogP contribution is 2.18. The van der Waals surface area contributed by atoms with Crippen molar-refractivity contribution in [3.63, 3.8) is 0 Å². The van der Waals surface area contributed by atoms with Crippen LogP contribution < -0.4 is 5.32 Å². The molecule has 1 rings (SSSR count). The number of carbonyl (C=O) groups is 1. The second kappa shape index (κ2) is 6.09. The number of nitrogens with one attached hydrogen (secondary N) is 1. The SMILES string of the molecule is CCOC(=O)/C=C(\C)Nc1cc(C)ccc1C. The first-order valence-electron chi connectivity index (χ1n) is 5.72. The van der Waals surface area contributed by atoms with Crippen LogP contribution in [0.5, 0.6) is 0 Å². The van der Waals surface area contributed by atoms with Gasteiger partial charge in [0.1, 0.15) is 0 Å². The molecule has 0 radical (unpaired) electrons. The van der Waals surface area contributed by atoms with Crippen molar-refractivity contribution in [3.05, 3.63) is 41.1 Å². The van der Waals surface area contributed by atoms with Crippen LogP contribution in [0, 0.1) is 13.8 Å². The highest BCUT2D eigenvalue weighted by molar-refractivity contribution is 5.83. The molecule has 0 spiro atoms. The quantitative estimate of drug-likeness (QED) is 0.641. The molecule has 0 heterocycles. The molecule has 1 aromatic carbocycles. The minimum absolute atomic E-state index is 0.317. The molecule has 0 aliphatic carbocycles. The molecule has 0 aliphatic rings. The Labute approximate surface area is 102 Å². The van der Waals surface area contributed by atoms with E-state index in [0.717, 1.165) is 16.9 Å². The molecular weight excluding hydrogens is 214 g/mol. The largest absolute Gasteiger partial charge is 0.463 e. The predicted molar refractivity (Wildman–Crippen MR) is 69.9 cm³/mol. The summed E-state index contributed by atoms with van der Waals surface area (Å²) in [6.45, 7) is 8.10. The number of hydrogen-bond donors (Lipinski definition) is 1. The van der Waals surface area contributed by atoms with E-state index in [-0.39, 0.29) is 5.97 Å². The van der Waals surface area contributed by atoms with E-state index in [0.29, 0.717) is 6.61 Å². The molecule has 0 saturated carbocycles. The molecular formula is C14H19NO2. The van der Waals surface area contributed by atoms with Crippen LogP contribution in [0.2, 0.25) is 0 Å². The number of aryl methyl sites for hydroxylation is 2. The zero-order valence-electron chi connectivity index (χ0n) is 10.8. The van der Waals surface area contributed by atoms with E-state index in [1.54, 1.807) is 6.92 Å². The molecule has 0 bridgehead atoms. The second-order valence-electron chi connectivity index (χ2n) is 4.02. The topological polar surface area (TPSA) is 38.3 Å². The summed E-state index contributed by atoms with van der Waals surface area (Å²) in [7, 11) is 0. The van der Waals surface area contributed by atoms with Crippen molar-refractivity contribution in [3.8, 4) is 0 Å². The Hall–Kier alpha value is -1.77. The Bertz CT molecular complexity index is 436. The molecule has 0 aliphatic heterocycles. The Kier molecular flexibility index (Phi) is 4.76. The van der Waals surface area contributed by atoms with Gasteiger partial charge in [-0.3, -0.25) is 0 Å². The molecule has 1 aromatic rings. The van der Waals surface area contributed by atoms with Crippen LogP contribution in [0.25, 0.3) is 0 Å². The summed E-state index contributed by atoms with van der Waals surface area (Å²) in [6.07, 6.45) is 1.46. The maximum Gasteiger partial charge on any atom is 0.332 e. The number of carbonyl (C=O) groups excluding carboxylic acids is 1. The third-order valence-electron chi connectivity index (χ3n) is 2.35. The van der Waals surface area contributed by atoms with Crippen molar-refractivity contribution in [1.82, 2.24) is 0 Å². The van der Waals surface area contributed by atoms with Gasteiger partial charge in [0.25, 0.3) is 0 Å². The van der Waals surface area contributed by atoms with Crippen LogP contribution in [0.15, 0.2) is 30.0 Å². The minimum Gasteiger partial charge on any atom is -0.463 e. The third kappa shape index (κ3) is 4.31. The Morgan fingerprint density at radius 1 is 1.41 bits per heavy atom. The molecule has 3 nitrogen and oxygen atoms in total. The van der Waals surface area contributed by atoms with Gasteiger partial charge in [0.05, 0.1) is 6.61 Å². The van der Waals surface area contributed by atoms with Crippen LogP contribution in [-0.2, 0) is 9.53 Å². The predicted octanol–water partition coefficient (Wildman–Crippen LogP) is 3.18. The molecule has 1 N–H and O–H groups in total. The summed E-state index contributed by atoms with van der Waals surface area (Å²) in [5.41, 5.74) is 4.12. The maximum atomic E-state index is 11.3. The van der Waals surface area contributed by atoms with E-state index < -0.39 is 0 Å². The van der Waals surface area contributed by atoms with Gasteiger partial charge in [-0.2, -0.15) is 0 Å². The van der Waals surface area contributed by atoms with Gasteiger partial charge in [-0.15, -0.1) is 0 Å². The van der Waals surface area contributed by atoms with Crippen molar-refractivity contribution < 1.29 is 9.53 Å². The van der Waals surface area contributed by atoms with E-state index in [2.05, 4.69) is 23.5 Å². The molecule has 0 aromatic heterocycles. The maximum absolute atomic E-state index is 11.3.